The van der Waals surface area contributed by atoms with Gasteiger partial charge in [0.1, 0.15) is 0 Å². The standard InChI is InChI=1S/C19H10F6O5/c1-8-2-3-9(6-12(8)14(26)27)17(18(20,21)22,19(23,24)25)10-4-5-11-13(7-10)16(29)30-15(11)28/h2-7H,1H3,(H,26,27). The number of hydrogen-bond acceptors (Lipinski definition) is 4. The third-order valence-electron chi connectivity index (χ3n) is 4.83. The van der Waals surface area contributed by atoms with Gasteiger partial charge in [-0.3, -0.25) is 0 Å². The van der Waals surface area contributed by atoms with E-state index in [2.05, 4.69) is 4.74 Å². The Hall–Kier alpha value is -3.37. The molecule has 158 valence electrons. The number of rotatable bonds is 3. The van der Waals surface area contributed by atoms with Crippen molar-refractivity contribution in [1.29, 1.82) is 0 Å². The number of carbonyl (C=O) groups is 3. The van der Waals surface area contributed by atoms with Crippen molar-refractivity contribution in [2.45, 2.75) is 24.7 Å². The van der Waals surface area contributed by atoms with Crippen molar-refractivity contribution in [2.24, 2.45) is 0 Å². The maximum absolute atomic E-state index is 14.2. The van der Waals surface area contributed by atoms with Crippen LogP contribution in [0.3, 0.4) is 0 Å². The quantitative estimate of drug-likeness (QED) is 0.442. The molecule has 1 N–H and O–H groups in total. The van der Waals surface area contributed by atoms with Crippen molar-refractivity contribution < 1.29 is 50.6 Å². The first-order chi connectivity index (χ1) is 13.7. The van der Waals surface area contributed by atoms with Crippen LogP contribution in [-0.2, 0) is 10.2 Å². The molecule has 0 radical (unpaired) electrons. The van der Waals surface area contributed by atoms with Gasteiger partial charge in [0, 0.05) is 0 Å². The lowest BCUT2D eigenvalue weighted by Gasteiger charge is -2.38. The number of cyclic esters (lactones) is 2. The molecular weight excluding hydrogens is 422 g/mol. The highest BCUT2D eigenvalue weighted by molar-refractivity contribution is 6.14. The van der Waals surface area contributed by atoms with E-state index in [4.69, 9.17) is 5.11 Å². The average molecular weight is 432 g/mol. The van der Waals surface area contributed by atoms with Gasteiger partial charge in [0.25, 0.3) is 0 Å². The predicted octanol–water partition coefficient (Wildman–Crippen LogP) is 4.41. The maximum atomic E-state index is 14.2. The average Bonchev–Trinajstić information content (AvgIpc) is 2.88. The number of carbonyl (C=O) groups excluding carboxylic acids is 2. The molecule has 0 atom stereocenters. The van der Waals surface area contributed by atoms with Crippen LogP contribution in [0.5, 0.6) is 0 Å². The second-order valence-corrected chi connectivity index (χ2v) is 6.52. The van der Waals surface area contributed by atoms with Crippen molar-refractivity contribution >= 4 is 17.9 Å². The van der Waals surface area contributed by atoms with Crippen LogP contribution in [0.2, 0.25) is 0 Å². The number of carboxylic acids is 1. The van der Waals surface area contributed by atoms with E-state index < -0.39 is 63.5 Å². The van der Waals surface area contributed by atoms with Gasteiger partial charge in [0.2, 0.25) is 5.41 Å². The molecule has 0 spiro atoms. The minimum Gasteiger partial charge on any atom is -0.478 e. The monoisotopic (exact) mass is 432 g/mol. The largest absolute Gasteiger partial charge is 0.478 e. The van der Waals surface area contributed by atoms with Crippen molar-refractivity contribution in [1.82, 2.24) is 0 Å². The SMILES string of the molecule is Cc1ccc(C(c2ccc3c(c2)C(=O)OC3=O)(C(F)(F)F)C(F)(F)F)cc1C(=O)O. The summed E-state index contributed by atoms with van der Waals surface area (Å²) in [7, 11) is 0. The van der Waals surface area contributed by atoms with E-state index in [1.165, 1.54) is 6.92 Å². The number of aryl methyl sites for hydroxylation is 1. The van der Waals surface area contributed by atoms with Crippen LogP contribution in [0.15, 0.2) is 36.4 Å². The van der Waals surface area contributed by atoms with Crippen LogP contribution in [0.1, 0.15) is 47.8 Å². The molecule has 1 aliphatic rings. The first-order valence-corrected chi connectivity index (χ1v) is 8.10. The summed E-state index contributed by atoms with van der Waals surface area (Å²) in [5.41, 5.74) is -9.50. The van der Waals surface area contributed by atoms with E-state index in [9.17, 15) is 40.7 Å². The van der Waals surface area contributed by atoms with Crippen LogP contribution in [0.4, 0.5) is 26.3 Å². The molecule has 5 nitrogen and oxygen atoms in total. The molecule has 0 saturated carbocycles. The molecule has 0 aliphatic carbocycles. The number of fused-ring (bicyclic) bond motifs is 1. The fraction of sp³-hybridized carbons (Fsp3) is 0.211. The lowest BCUT2D eigenvalue weighted by Crippen LogP contribution is -2.55. The first-order valence-electron chi connectivity index (χ1n) is 8.10. The third-order valence-corrected chi connectivity index (χ3v) is 4.83. The normalized spacial score (nSPS) is 14.5. The van der Waals surface area contributed by atoms with Crippen molar-refractivity contribution in [3.63, 3.8) is 0 Å². The number of alkyl halides is 6. The topological polar surface area (TPSA) is 80.7 Å². The molecule has 11 heteroatoms. The fourth-order valence-electron chi connectivity index (χ4n) is 3.39. The highest BCUT2D eigenvalue weighted by Gasteiger charge is 2.72. The van der Waals surface area contributed by atoms with Crippen LogP contribution >= 0.6 is 0 Å². The molecule has 3 rings (SSSR count). The summed E-state index contributed by atoms with van der Waals surface area (Å²) in [4.78, 5) is 34.5. The Bertz CT molecular complexity index is 1070. The number of ether oxygens (including phenoxy) is 1. The van der Waals surface area contributed by atoms with Gasteiger partial charge in [0.15, 0.2) is 0 Å². The highest BCUT2D eigenvalue weighted by Crippen LogP contribution is 2.56. The Morgan fingerprint density at radius 2 is 1.33 bits per heavy atom. The Balaban J connectivity index is 2.43. The van der Waals surface area contributed by atoms with Gasteiger partial charge in [-0.2, -0.15) is 26.3 Å². The summed E-state index contributed by atoms with van der Waals surface area (Å²) in [5, 5.41) is 9.16. The van der Waals surface area contributed by atoms with Crippen LogP contribution in [0.25, 0.3) is 0 Å². The molecule has 2 aromatic carbocycles. The summed E-state index contributed by atoms with van der Waals surface area (Å²) >= 11 is 0. The number of hydrogen-bond donors (Lipinski definition) is 1. The molecule has 2 aromatic rings. The lowest BCUT2D eigenvalue weighted by molar-refractivity contribution is -0.288. The first kappa shape index (κ1) is 21.3. The van der Waals surface area contributed by atoms with Crippen molar-refractivity contribution in [3.05, 3.63) is 69.8 Å². The molecule has 0 amide bonds. The van der Waals surface area contributed by atoms with Crippen LogP contribution < -0.4 is 0 Å². The maximum Gasteiger partial charge on any atom is 0.411 e. The minimum absolute atomic E-state index is 0.0485. The van der Waals surface area contributed by atoms with Gasteiger partial charge in [-0.25, -0.2) is 14.4 Å². The van der Waals surface area contributed by atoms with E-state index in [-0.39, 0.29) is 5.56 Å². The van der Waals surface area contributed by atoms with Gasteiger partial charge < -0.3 is 9.84 Å². The summed E-state index contributed by atoms with van der Waals surface area (Å²) in [5.74, 6) is -4.30. The van der Waals surface area contributed by atoms with Gasteiger partial charge in [-0.1, -0.05) is 18.2 Å². The highest BCUT2D eigenvalue weighted by atomic mass is 19.4. The number of aromatic carboxylic acids is 1. The van der Waals surface area contributed by atoms with E-state index in [1.54, 1.807) is 0 Å². The Morgan fingerprint density at radius 1 is 0.833 bits per heavy atom. The summed E-state index contributed by atoms with van der Waals surface area (Å²) < 4.78 is 89.1. The van der Waals surface area contributed by atoms with Crippen molar-refractivity contribution in [3.8, 4) is 0 Å². The van der Waals surface area contributed by atoms with Gasteiger partial charge >= 0.3 is 30.3 Å². The molecule has 0 bridgehead atoms. The van der Waals surface area contributed by atoms with Crippen LogP contribution in [0, 0.1) is 6.92 Å². The van der Waals surface area contributed by atoms with Gasteiger partial charge in [0.05, 0.1) is 16.7 Å². The van der Waals surface area contributed by atoms with E-state index in [1.807, 2.05) is 0 Å². The molecule has 0 aromatic heterocycles. The molecular formula is C19H10F6O5. The number of benzene rings is 2. The van der Waals surface area contributed by atoms with E-state index >= 15 is 0 Å². The molecule has 30 heavy (non-hydrogen) atoms. The fourth-order valence-corrected chi connectivity index (χ4v) is 3.39. The van der Waals surface area contributed by atoms with Crippen LogP contribution in [-0.4, -0.2) is 35.4 Å². The third kappa shape index (κ3) is 2.92. The summed E-state index contributed by atoms with van der Waals surface area (Å²) in [6.07, 6.45) is -12.0. The van der Waals surface area contributed by atoms with Gasteiger partial charge in [-0.05, 0) is 41.8 Å². The second-order valence-electron chi connectivity index (χ2n) is 6.52. The summed E-state index contributed by atoms with van der Waals surface area (Å²) in [6.45, 7) is 1.22. The number of halogens is 6. The zero-order chi connectivity index (χ0) is 22.6. The zero-order valence-electron chi connectivity index (χ0n) is 14.8. The number of carboxylic acid groups (broad SMARTS) is 1. The lowest BCUT2D eigenvalue weighted by atomic mass is 9.71. The zero-order valence-corrected chi connectivity index (χ0v) is 14.8. The van der Waals surface area contributed by atoms with Crippen molar-refractivity contribution in [2.75, 3.05) is 0 Å². The Morgan fingerprint density at radius 3 is 1.87 bits per heavy atom. The van der Waals surface area contributed by atoms with E-state index in [0.717, 1.165) is 6.07 Å². The molecule has 0 fully saturated rings. The molecule has 1 heterocycles. The summed E-state index contributed by atoms with van der Waals surface area (Å²) in [6, 6.07) is 3.01. The Labute approximate surface area is 163 Å². The minimum atomic E-state index is -5.99. The van der Waals surface area contributed by atoms with E-state index in [0.29, 0.717) is 30.3 Å². The Kier molecular flexibility index (Phi) is 4.68. The molecule has 0 unspecified atom stereocenters. The smallest absolute Gasteiger partial charge is 0.411 e. The second kappa shape index (κ2) is 6.57. The predicted molar refractivity (Wildman–Crippen MR) is 87.2 cm³/mol. The van der Waals surface area contributed by atoms with Gasteiger partial charge in [-0.15, -0.1) is 0 Å². The molecule has 0 saturated heterocycles. The number of esters is 2. The molecule has 1 aliphatic heterocycles.